The average Bonchev–Trinajstić information content (AvgIpc) is 2.30. The standard InChI is InChI=1S/C7H9NO4/c1-2-8-3-4(7(11)12)5(9)6(8)10/h9H,2-3H2,1H3,(H,11,12). The summed E-state index contributed by atoms with van der Waals surface area (Å²) < 4.78 is 0. The Hall–Kier alpha value is -1.52. The number of carbonyl (C=O) groups excluding carboxylic acids is 1. The van der Waals surface area contributed by atoms with Gasteiger partial charge in [-0.1, -0.05) is 0 Å². The van der Waals surface area contributed by atoms with Gasteiger partial charge in [-0.15, -0.1) is 0 Å². The largest absolute Gasteiger partial charge is 0.503 e. The van der Waals surface area contributed by atoms with Gasteiger partial charge in [-0.3, -0.25) is 4.79 Å². The number of aliphatic hydroxyl groups excluding tert-OH is 1. The number of rotatable bonds is 2. The second-order valence-electron chi connectivity index (χ2n) is 2.45. The number of nitrogens with zero attached hydrogens (tertiary/aromatic N) is 1. The van der Waals surface area contributed by atoms with Gasteiger partial charge in [-0.25, -0.2) is 4.79 Å². The molecule has 0 fully saturated rings. The lowest BCUT2D eigenvalue weighted by molar-refractivity contribution is -0.133. The number of amides is 1. The number of carboxylic acid groups (broad SMARTS) is 1. The highest BCUT2D eigenvalue weighted by molar-refractivity contribution is 6.04. The molecule has 1 aliphatic heterocycles. The molecule has 2 N–H and O–H groups in total. The van der Waals surface area contributed by atoms with E-state index < -0.39 is 17.6 Å². The lowest BCUT2D eigenvalue weighted by Gasteiger charge is -2.11. The highest BCUT2D eigenvalue weighted by atomic mass is 16.4. The zero-order valence-electron chi connectivity index (χ0n) is 6.57. The number of carboxylic acids is 1. The third kappa shape index (κ3) is 1.13. The summed E-state index contributed by atoms with van der Waals surface area (Å²) in [7, 11) is 0. The summed E-state index contributed by atoms with van der Waals surface area (Å²) in [4.78, 5) is 22.7. The van der Waals surface area contributed by atoms with E-state index in [0.717, 1.165) is 0 Å². The molecule has 0 unspecified atom stereocenters. The van der Waals surface area contributed by atoms with Gasteiger partial charge in [0, 0.05) is 6.54 Å². The van der Waals surface area contributed by atoms with Gasteiger partial charge in [0.05, 0.1) is 6.54 Å². The van der Waals surface area contributed by atoms with Crippen LogP contribution in [-0.4, -0.2) is 40.1 Å². The van der Waals surface area contributed by atoms with Crippen LogP contribution in [0.2, 0.25) is 0 Å². The van der Waals surface area contributed by atoms with Crippen LogP contribution in [0.25, 0.3) is 0 Å². The fraction of sp³-hybridized carbons (Fsp3) is 0.429. The maximum atomic E-state index is 11.0. The second-order valence-corrected chi connectivity index (χ2v) is 2.45. The van der Waals surface area contributed by atoms with E-state index in [1.807, 2.05) is 0 Å². The first-order valence-electron chi connectivity index (χ1n) is 3.52. The zero-order chi connectivity index (χ0) is 9.30. The van der Waals surface area contributed by atoms with Gasteiger partial charge in [-0.05, 0) is 6.92 Å². The molecule has 1 amide bonds. The molecule has 0 aromatic rings. The van der Waals surface area contributed by atoms with Crippen molar-refractivity contribution in [2.75, 3.05) is 13.1 Å². The minimum absolute atomic E-state index is 0.00347. The zero-order valence-corrected chi connectivity index (χ0v) is 6.57. The van der Waals surface area contributed by atoms with E-state index in [4.69, 9.17) is 10.2 Å². The van der Waals surface area contributed by atoms with Crippen molar-refractivity contribution in [3.8, 4) is 0 Å². The van der Waals surface area contributed by atoms with E-state index in [0.29, 0.717) is 6.54 Å². The number of aliphatic hydroxyl groups is 1. The number of carbonyl (C=O) groups is 2. The minimum Gasteiger partial charge on any atom is -0.503 e. The molecule has 5 nitrogen and oxygen atoms in total. The maximum Gasteiger partial charge on any atom is 0.337 e. The summed E-state index contributed by atoms with van der Waals surface area (Å²) in [5, 5.41) is 17.6. The predicted octanol–water partition coefficient (Wildman–Crippen LogP) is -0.255. The van der Waals surface area contributed by atoms with Crippen LogP contribution >= 0.6 is 0 Å². The average molecular weight is 171 g/mol. The van der Waals surface area contributed by atoms with Crippen molar-refractivity contribution < 1.29 is 19.8 Å². The Morgan fingerprint density at radius 1 is 1.67 bits per heavy atom. The first-order chi connectivity index (χ1) is 5.57. The van der Waals surface area contributed by atoms with Crippen LogP contribution in [0.3, 0.4) is 0 Å². The van der Waals surface area contributed by atoms with Crippen LogP contribution in [0.15, 0.2) is 11.3 Å². The SMILES string of the molecule is CCN1CC(C(=O)O)=C(O)C1=O. The first kappa shape index (κ1) is 8.58. The van der Waals surface area contributed by atoms with E-state index in [9.17, 15) is 9.59 Å². The molecule has 0 bridgehead atoms. The minimum atomic E-state index is -1.24. The molecule has 0 aromatic carbocycles. The van der Waals surface area contributed by atoms with Gasteiger partial charge in [0.25, 0.3) is 5.91 Å². The van der Waals surface area contributed by atoms with E-state index >= 15 is 0 Å². The maximum absolute atomic E-state index is 11.0. The molecule has 0 radical (unpaired) electrons. The smallest absolute Gasteiger partial charge is 0.337 e. The van der Waals surface area contributed by atoms with Gasteiger partial charge in [0.2, 0.25) is 0 Å². The number of hydrogen-bond donors (Lipinski definition) is 2. The molecule has 0 atom stereocenters. The van der Waals surface area contributed by atoms with Crippen LogP contribution in [0.1, 0.15) is 6.92 Å². The summed E-state index contributed by atoms with van der Waals surface area (Å²) >= 11 is 0. The summed E-state index contributed by atoms with van der Waals surface area (Å²) in [5.74, 6) is -2.48. The Balaban J connectivity index is 2.91. The Bertz CT molecular complexity index is 269. The van der Waals surface area contributed by atoms with Crippen LogP contribution in [0, 0.1) is 0 Å². The molecule has 0 spiro atoms. The molecule has 1 aliphatic rings. The predicted molar refractivity (Wildman–Crippen MR) is 39.5 cm³/mol. The fourth-order valence-electron chi connectivity index (χ4n) is 1.04. The van der Waals surface area contributed by atoms with E-state index in [-0.39, 0.29) is 12.1 Å². The Labute approximate surface area is 68.9 Å². The monoisotopic (exact) mass is 171 g/mol. The normalized spacial score (nSPS) is 17.4. The summed E-state index contributed by atoms with van der Waals surface area (Å²) in [6.45, 7) is 2.12. The third-order valence-electron chi connectivity index (χ3n) is 1.76. The topological polar surface area (TPSA) is 77.8 Å². The Morgan fingerprint density at radius 2 is 2.25 bits per heavy atom. The summed E-state index contributed by atoms with van der Waals surface area (Å²) in [6.07, 6.45) is 0. The molecule has 0 aromatic heterocycles. The first-order valence-corrected chi connectivity index (χ1v) is 3.52. The summed E-state index contributed by atoms with van der Waals surface area (Å²) in [6, 6.07) is 0. The van der Waals surface area contributed by atoms with E-state index in [1.165, 1.54) is 4.90 Å². The molecule has 1 heterocycles. The van der Waals surface area contributed by atoms with Gasteiger partial charge in [0.15, 0.2) is 5.76 Å². The second kappa shape index (κ2) is 2.84. The molecule has 0 saturated carbocycles. The fourth-order valence-corrected chi connectivity index (χ4v) is 1.04. The van der Waals surface area contributed by atoms with Crippen molar-refractivity contribution in [1.29, 1.82) is 0 Å². The number of likely N-dealkylation sites (N-methyl/N-ethyl adjacent to an activating group) is 1. The van der Waals surface area contributed by atoms with Gasteiger partial charge < -0.3 is 15.1 Å². The van der Waals surface area contributed by atoms with Crippen molar-refractivity contribution in [1.82, 2.24) is 4.90 Å². The molecule has 66 valence electrons. The van der Waals surface area contributed by atoms with Crippen LogP contribution < -0.4 is 0 Å². The Morgan fingerprint density at radius 3 is 2.50 bits per heavy atom. The highest BCUT2D eigenvalue weighted by Crippen LogP contribution is 2.16. The van der Waals surface area contributed by atoms with Crippen LogP contribution in [-0.2, 0) is 9.59 Å². The Kier molecular flexibility index (Phi) is 2.03. The van der Waals surface area contributed by atoms with Crippen molar-refractivity contribution in [2.45, 2.75) is 6.92 Å². The lowest BCUT2D eigenvalue weighted by atomic mass is 10.3. The number of aliphatic carboxylic acids is 1. The van der Waals surface area contributed by atoms with Crippen molar-refractivity contribution in [2.24, 2.45) is 0 Å². The quantitative estimate of drug-likeness (QED) is 0.600. The highest BCUT2D eigenvalue weighted by Gasteiger charge is 2.32. The van der Waals surface area contributed by atoms with E-state index in [1.54, 1.807) is 6.92 Å². The van der Waals surface area contributed by atoms with Crippen molar-refractivity contribution in [3.63, 3.8) is 0 Å². The molecule has 0 saturated heterocycles. The molecule has 1 rings (SSSR count). The molecule has 12 heavy (non-hydrogen) atoms. The molecular weight excluding hydrogens is 162 g/mol. The van der Waals surface area contributed by atoms with Crippen LogP contribution in [0.4, 0.5) is 0 Å². The number of hydrogen-bond acceptors (Lipinski definition) is 3. The third-order valence-corrected chi connectivity index (χ3v) is 1.76. The molecular formula is C7H9NO4. The van der Waals surface area contributed by atoms with E-state index in [2.05, 4.69) is 0 Å². The van der Waals surface area contributed by atoms with Crippen LogP contribution in [0.5, 0.6) is 0 Å². The van der Waals surface area contributed by atoms with Gasteiger partial charge in [-0.2, -0.15) is 0 Å². The molecule has 5 heteroatoms. The van der Waals surface area contributed by atoms with Gasteiger partial charge in [0.1, 0.15) is 5.57 Å². The van der Waals surface area contributed by atoms with Gasteiger partial charge >= 0.3 is 5.97 Å². The lowest BCUT2D eigenvalue weighted by Crippen LogP contribution is -2.27. The van der Waals surface area contributed by atoms with Crippen molar-refractivity contribution >= 4 is 11.9 Å². The van der Waals surface area contributed by atoms with Crippen molar-refractivity contribution in [3.05, 3.63) is 11.3 Å². The molecule has 0 aliphatic carbocycles. The summed E-state index contributed by atoms with van der Waals surface area (Å²) in [5.41, 5.74) is -0.221.